The first-order valence-corrected chi connectivity index (χ1v) is 6.15. The molecule has 1 N–H and O–H groups in total. The minimum absolute atomic E-state index is 0.327. The normalized spacial score (nSPS) is 27.6. The summed E-state index contributed by atoms with van der Waals surface area (Å²) in [5.74, 6) is 0.632. The van der Waals surface area contributed by atoms with Crippen LogP contribution in [-0.2, 0) is 4.74 Å². The molecule has 1 unspecified atom stereocenters. The van der Waals surface area contributed by atoms with E-state index in [1.165, 1.54) is 25.9 Å². The summed E-state index contributed by atoms with van der Waals surface area (Å²) < 4.78 is 5.40. The zero-order chi connectivity index (χ0) is 10.7. The van der Waals surface area contributed by atoms with Gasteiger partial charge in [0.1, 0.15) is 0 Å². The Labute approximate surface area is 92.4 Å². The third-order valence-corrected chi connectivity index (χ3v) is 3.86. The molecular weight excluding hydrogens is 190 g/mol. The lowest BCUT2D eigenvalue weighted by Crippen LogP contribution is -2.59. The van der Waals surface area contributed by atoms with Gasteiger partial charge in [-0.15, -0.1) is 0 Å². The van der Waals surface area contributed by atoms with Crippen molar-refractivity contribution >= 4 is 0 Å². The third kappa shape index (κ3) is 2.71. The van der Waals surface area contributed by atoms with E-state index >= 15 is 0 Å². The van der Waals surface area contributed by atoms with Crippen molar-refractivity contribution in [2.45, 2.75) is 26.2 Å². The van der Waals surface area contributed by atoms with E-state index in [1.807, 2.05) is 0 Å². The van der Waals surface area contributed by atoms with Crippen LogP contribution in [0, 0.1) is 11.3 Å². The molecule has 2 saturated heterocycles. The van der Waals surface area contributed by atoms with Crippen molar-refractivity contribution < 1.29 is 9.84 Å². The molecule has 88 valence electrons. The fourth-order valence-electron chi connectivity index (χ4n) is 2.90. The van der Waals surface area contributed by atoms with Gasteiger partial charge in [0.2, 0.25) is 0 Å². The van der Waals surface area contributed by atoms with Gasteiger partial charge in [-0.2, -0.15) is 0 Å². The average molecular weight is 213 g/mol. The third-order valence-electron chi connectivity index (χ3n) is 3.86. The van der Waals surface area contributed by atoms with Crippen LogP contribution in [0.5, 0.6) is 0 Å². The lowest BCUT2D eigenvalue weighted by molar-refractivity contribution is -0.0849. The molecule has 2 aliphatic heterocycles. The predicted octanol–water partition coefficient (Wildman–Crippen LogP) is 1.12. The van der Waals surface area contributed by atoms with Crippen molar-refractivity contribution in [1.82, 2.24) is 4.90 Å². The molecule has 0 aromatic heterocycles. The Morgan fingerprint density at radius 1 is 1.33 bits per heavy atom. The van der Waals surface area contributed by atoms with Crippen LogP contribution in [0.2, 0.25) is 0 Å². The highest BCUT2D eigenvalue weighted by atomic mass is 16.5. The van der Waals surface area contributed by atoms with Gasteiger partial charge in [-0.1, -0.05) is 6.92 Å². The molecule has 0 amide bonds. The minimum Gasteiger partial charge on any atom is -0.396 e. The highest BCUT2D eigenvalue weighted by Crippen LogP contribution is 2.39. The first-order valence-electron chi connectivity index (χ1n) is 6.15. The fourth-order valence-corrected chi connectivity index (χ4v) is 2.90. The van der Waals surface area contributed by atoms with Crippen LogP contribution in [0.3, 0.4) is 0 Å². The second-order valence-electron chi connectivity index (χ2n) is 5.40. The lowest BCUT2D eigenvalue weighted by atomic mass is 9.73. The van der Waals surface area contributed by atoms with Crippen molar-refractivity contribution in [3.63, 3.8) is 0 Å². The van der Waals surface area contributed by atoms with Gasteiger partial charge in [-0.3, -0.25) is 0 Å². The molecule has 1 spiro atoms. The number of hydrogen-bond donors (Lipinski definition) is 1. The molecule has 15 heavy (non-hydrogen) atoms. The topological polar surface area (TPSA) is 32.7 Å². The summed E-state index contributed by atoms with van der Waals surface area (Å²) in [5.41, 5.74) is 0.594. The van der Waals surface area contributed by atoms with Crippen LogP contribution in [-0.4, -0.2) is 49.5 Å². The Morgan fingerprint density at radius 2 is 2.00 bits per heavy atom. The highest BCUT2D eigenvalue weighted by molar-refractivity contribution is 4.96. The van der Waals surface area contributed by atoms with E-state index in [9.17, 15) is 0 Å². The van der Waals surface area contributed by atoms with Gasteiger partial charge in [0.15, 0.2) is 0 Å². The van der Waals surface area contributed by atoms with Crippen molar-refractivity contribution in [3.05, 3.63) is 0 Å². The fraction of sp³-hybridized carbons (Fsp3) is 1.00. The van der Waals surface area contributed by atoms with Gasteiger partial charge < -0.3 is 14.7 Å². The summed E-state index contributed by atoms with van der Waals surface area (Å²) in [7, 11) is 0. The standard InChI is InChI=1S/C12H23NO2/c1-11(2-5-14)8-13-9-12(10-13)3-6-15-7-4-12/h11,14H,2-10H2,1H3. The van der Waals surface area contributed by atoms with Crippen LogP contribution in [0.25, 0.3) is 0 Å². The van der Waals surface area contributed by atoms with Gasteiger partial charge in [-0.05, 0) is 25.2 Å². The first-order chi connectivity index (χ1) is 7.24. The van der Waals surface area contributed by atoms with Crippen LogP contribution in [0.15, 0.2) is 0 Å². The van der Waals surface area contributed by atoms with Gasteiger partial charge in [0.05, 0.1) is 0 Å². The lowest BCUT2D eigenvalue weighted by Gasteiger charge is -2.53. The molecule has 0 aliphatic carbocycles. The molecule has 2 aliphatic rings. The van der Waals surface area contributed by atoms with Crippen molar-refractivity contribution in [2.75, 3.05) is 39.5 Å². The number of nitrogens with zero attached hydrogens (tertiary/aromatic N) is 1. The zero-order valence-electron chi connectivity index (χ0n) is 9.74. The molecule has 0 aromatic carbocycles. The molecule has 1 atom stereocenters. The van der Waals surface area contributed by atoms with Gasteiger partial charge in [0, 0.05) is 44.9 Å². The Hall–Kier alpha value is -0.120. The van der Waals surface area contributed by atoms with E-state index in [0.29, 0.717) is 17.9 Å². The molecule has 2 rings (SSSR count). The van der Waals surface area contributed by atoms with E-state index in [4.69, 9.17) is 9.84 Å². The minimum atomic E-state index is 0.327. The quantitative estimate of drug-likeness (QED) is 0.759. The van der Waals surface area contributed by atoms with E-state index in [0.717, 1.165) is 26.2 Å². The van der Waals surface area contributed by atoms with Gasteiger partial charge >= 0.3 is 0 Å². The maximum atomic E-state index is 8.85. The summed E-state index contributed by atoms with van der Waals surface area (Å²) in [4.78, 5) is 2.53. The molecule has 0 radical (unpaired) electrons. The largest absolute Gasteiger partial charge is 0.396 e. The predicted molar refractivity (Wildman–Crippen MR) is 59.8 cm³/mol. The van der Waals surface area contributed by atoms with E-state index in [2.05, 4.69) is 11.8 Å². The number of likely N-dealkylation sites (tertiary alicyclic amines) is 1. The SMILES string of the molecule is CC(CCO)CN1CC2(CCOCC2)C1. The molecule has 0 aromatic rings. The van der Waals surface area contributed by atoms with Gasteiger partial charge in [0.25, 0.3) is 0 Å². The molecule has 3 heteroatoms. The summed E-state index contributed by atoms with van der Waals surface area (Å²) in [6.07, 6.45) is 3.43. The molecule has 0 bridgehead atoms. The van der Waals surface area contributed by atoms with Crippen LogP contribution < -0.4 is 0 Å². The summed E-state index contributed by atoms with van der Waals surface area (Å²) in [6, 6.07) is 0. The molecule has 0 saturated carbocycles. The van der Waals surface area contributed by atoms with E-state index in [-0.39, 0.29) is 0 Å². The van der Waals surface area contributed by atoms with E-state index in [1.54, 1.807) is 0 Å². The Balaban J connectivity index is 1.68. The zero-order valence-corrected chi connectivity index (χ0v) is 9.74. The highest BCUT2D eigenvalue weighted by Gasteiger charge is 2.43. The number of ether oxygens (including phenoxy) is 1. The smallest absolute Gasteiger partial charge is 0.0472 e. The number of rotatable bonds is 4. The Morgan fingerprint density at radius 3 is 2.60 bits per heavy atom. The number of aliphatic hydroxyl groups is 1. The second-order valence-corrected chi connectivity index (χ2v) is 5.40. The Bertz CT molecular complexity index is 194. The van der Waals surface area contributed by atoms with Crippen molar-refractivity contribution in [3.8, 4) is 0 Å². The van der Waals surface area contributed by atoms with Crippen molar-refractivity contribution in [1.29, 1.82) is 0 Å². The number of aliphatic hydroxyl groups excluding tert-OH is 1. The number of hydrogen-bond acceptors (Lipinski definition) is 3. The molecular formula is C12H23NO2. The second kappa shape index (κ2) is 4.81. The molecule has 3 nitrogen and oxygen atoms in total. The van der Waals surface area contributed by atoms with Crippen LogP contribution in [0.4, 0.5) is 0 Å². The maximum Gasteiger partial charge on any atom is 0.0472 e. The summed E-state index contributed by atoms with van der Waals surface area (Å²) >= 11 is 0. The monoisotopic (exact) mass is 213 g/mol. The first kappa shape index (κ1) is 11.4. The van der Waals surface area contributed by atoms with E-state index < -0.39 is 0 Å². The Kier molecular flexibility index (Phi) is 3.65. The molecule has 2 heterocycles. The molecule has 2 fully saturated rings. The summed E-state index contributed by atoms with van der Waals surface area (Å²) in [5, 5.41) is 8.85. The maximum absolute atomic E-state index is 8.85. The van der Waals surface area contributed by atoms with Gasteiger partial charge in [-0.25, -0.2) is 0 Å². The summed E-state index contributed by atoms with van der Waals surface area (Å²) in [6.45, 7) is 8.14. The van der Waals surface area contributed by atoms with Crippen LogP contribution in [0.1, 0.15) is 26.2 Å². The average Bonchev–Trinajstić information content (AvgIpc) is 2.17. The van der Waals surface area contributed by atoms with Crippen LogP contribution >= 0.6 is 0 Å². The van der Waals surface area contributed by atoms with Crippen molar-refractivity contribution in [2.24, 2.45) is 11.3 Å².